The van der Waals surface area contributed by atoms with E-state index in [1.165, 1.54) is 12.4 Å². The minimum Gasteiger partial charge on any atom is -0.493 e. The van der Waals surface area contributed by atoms with Gasteiger partial charge in [-0.15, -0.1) is 0 Å². The number of nitrogen functional groups attached to an aromatic ring is 1. The number of benzene rings is 1. The molecule has 1 heterocycles. The number of ether oxygens (including phenoxy) is 1. The van der Waals surface area contributed by atoms with E-state index in [-0.39, 0.29) is 24.1 Å². The van der Waals surface area contributed by atoms with Gasteiger partial charge in [-0.25, -0.2) is 9.97 Å². The van der Waals surface area contributed by atoms with E-state index in [2.05, 4.69) is 15.3 Å². The first kappa shape index (κ1) is 14.1. The van der Waals surface area contributed by atoms with Crippen molar-refractivity contribution in [3.05, 3.63) is 41.8 Å². The maximum atomic E-state index is 11.7. The summed E-state index contributed by atoms with van der Waals surface area (Å²) in [4.78, 5) is 19.3. The third-order valence-electron chi connectivity index (χ3n) is 2.36. The molecule has 0 spiro atoms. The number of nitrogens with two attached hydrogens (primary N) is 1. The molecule has 3 N–H and O–H groups in total. The molecule has 20 heavy (non-hydrogen) atoms. The molecular formula is C13H13ClN4O2. The lowest BCUT2D eigenvalue weighted by Gasteiger charge is -2.07. The van der Waals surface area contributed by atoms with Crippen molar-refractivity contribution < 1.29 is 9.53 Å². The van der Waals surface area contributed by atoms with Gasteiger partial charge < -0.3 is 15.8 Å². The summed E-state index contributed by atoms with van der Waals surface area (Å²) >= 11 is 5.69. The van der Waals surface area contributed by atoms with Gasteiger partial charge in [0.2, 0.25) is 5.91 Å². The van der Waals surface area contributed by atoms with E-state index in [0.29, 0.717) is 17.3 Å². The van der Waals surface area contributed by atoms with Crippen molar-refractivity contribution in [1.82, 2.24) is 9.97 Å². The van der Waals surface area contributed by atoms with Crippen LogP contribution in [0.15, 0.2) is 36.7 Å². The van der Waals surface area contributed by atoms with Gasteiger partial charge in [0.05, 0.1) is 13.0 Å². The highest BCUT2D eigenvalue weighted by atomic mass is 35.5. The van der Waals surface area contributed by atoms with Crippen LogP contribution in [0.3, 0.4) is 0 Å². The summed E-state index contributed by atoms with van der Waals surface area (Å²) in [5, 5.41) is 2.87. The number of hydrogen-bond acceptors (Lipinski definition) is 5. The largest absolute Gasteiger partial charge is 0.493 e. The van der Waals surface area contributed by atoms with E-state index in [0.717, 1.165) is 0 Å². The molecule has 7 heteroatoms. The third-order valence-corrected chi connectivity index (χ3v) is 2.56. The molecule has 2 rings (SSSR count). The van der Waals surface area contributed by atoms with E-state index in [1.807, 2.05) is 0 Å². The average Bonchev–Trinajstić information content (AvgIpc) is 2.38. The Morgan fingerprint density at radius 3 is 2.95 bits per heavy atom. The van der Waals surface area contributed by atoms with Crippen molar-refractivity contribution in [1.29, 1.82) is 0 Å². The van der Waals surface area contributed by atoms with Crippen LogP contribution in [0.4, 0.5) is 11.5 Å². The summed E-state index contributed by atoms with van der Waals surface area (Å²) in [5.74, 6) is 0.769. The summed E-state index contributed by atoms with van der Waals surface area (Å²) < 4.78 is 5.42. The highest BCUT2D eigenvalue weighted by Crippen LogP contribution is 2.14. The predicted molar refractivity (Wildman–Crippen MR) is 76.6 cm³/mol. The molecule has 0 saturated carbocycles. The summed E-state index contributed by atoms with van der Waals surface area (Å²) in [6.07, 6.45) is 1.47. The van der Waals surface area contributed by atoms with Crippen LogP contribution in [-0.4, -0.2) is 22.5 Å². The molecule has 6 nitrogen and oxygen atoms in total. The minimum atomic E-state index is -0.219. The summed E-state index contributed by atoms with van der Waals surface area (Å²) in [7, 11) is 0. The molecule has 0 aliphatic carbocycles. The Morgan fingerprint density at radius 1 is 1.35 bits per heavy atom. The first-order valence-corrected chi connectivity index (χ1v) is 6.27. The molecule has 0 atom stereocenters. The van der Waals surface area contributed by atoms with E-state index in [9.17, 15) is 4.79 Å². The molecular weight excluding hydrogens is 280 g/mol. The van der Waals surface area contributed by atoms with E-state index >= 15 is 0 Å². The Labute approximate surface area is 120 Å². The number of nitrogens with one attached hydrogen (secondary N) is 1. The first-order valence-electron chi connectivity index (χ1n) is 5.89. The lowest BCUT2D eigenvalue weighted by Crippen LogP contribution is -2.16. The van der Waals surface area contributed by atoms with Crippen LogP contribution in [0.5, 0.6) is 5.75 Å². The number of carbonyl (C=O) groups is 1. The molecule has 0 fully saturated rings. The van der Waals surface area contributed by atoms with Crippen LogP contribution >= 0.6 is 11.6 Å². The number of amides is 1. The maximum absolute atomic E-state index is 11.7. The average molecular weight is 293 g/mol. The normalized spacial score (nSPS) is 10.1. The minimum absolute atomic E-state index is 0.191. The topological polar surface area (TPSA) is 90.1 Å². The van der Waals surface area contributed by atoms with Crippen LogP contribution < -0.4 is 15.8 Å². The van der Waals surface area contributed by atoms with Crippen molar-refractivity contribution in [3.63, 3.8) is 0 Å². The lowest BCUT2D eigenvalue weighted by molar-refractivity contribution is -0.116. The Hall–Kier alpha value is -2.34. The SMILES string of the molecule is Nc1cccc(OCCC(=O)Nc2cc(Cl)ncn2)c1. The van der Waals surface area contributed by atoms with E-state index < -0.39 is 0 Å². The van der Waals surface area contributed by atoms with Crippen molar-refractivity contribution in [2.24, 2.45) is 0 Å². The zero-order chi connectivity index (χ0) is 14.4. The fourth-order valence-electron chi connectivity index (χ4n) is 1.47. The van der Waals surface area contributed by atoms with Gasteiger partial charge in [0.15, 0.2) is 0 Å². The molecule has 0 radical (unpaired) electrons. The lowest BCUT2D eigenvalue weighted by atomic mass is 10.3. The molecule has 1 amide bonds. The van der Waals surface area contributed by atoms with Gasteiger partial charge in [-0.3, -0.25) is 4.79 Å². The number of carbonyl (C=O) groups excluding carboxylic acids is 1. The van der Waals surface area contributed by atoms with Crippen molar-refractivity contribution in [2.45, 2.75) is 6.42 Å². The molecule has 104 valence electrons. The summed E-state index contributed by atoms with van der Waals surface area (Å²) in [6, 6.07) is 8.49. The standard InChI is InChI=1S/C13H13ClN4O2/c14-11-7-12(17-8-16-11)18-13(19)4-5-20-10-3-1-2-9(15)6-10/h1-3,6-8H,4-5,15H2,(H,16,17,18,19). The number of anilines is 2. The highest BCUT2D eigenvalue weighted by molar-refractivity contribution is 6.29. The van der Waals surface area contributed by atoms with Gasteiger partial charge in [0.1, 0.15) is 23.0 Å². The van der Waals surface area contributed by atoms with Crippen LogP contribution in [-0.2, 0) is 4.79 Å². The Bertz CT molecular complexity index is 606. The fraction of sp³-hybridized carbons (Fsp3) is 0.154. The Balaban J connectivity index is 1.78. The highest BCUT2D eigenvalue weighted by Gasteiger charge is 2.05. The van der Waals surface area contributed by atoms with Crippen molar-refractivity contribution in [2.75, 3.05) is 17.7 Å². The Morgan fingerprint density at radius 2 is 2.20 bits per heavy atom. The number of nitrogens with zero attached hydrogens (tertiary/aromatic N) is 2. The number of halogens is 1. The smallest absolute Gasteiger partial charge is 0.228 e. The second-order valence-electron chi connectivity index (χ2n) is 3.95. The molecule has 0 aliphatic heterocycles. The summed E-state index contributed by atoms with van der Waals surface area (Å²) in [6.45, 7) is 0.244. The predicted octanol–water partition coefficient (Wildman–Crippen LogP) is 2.12. The number of aromatic nitrogens is 2. The van der Waals surface area contributed by atoms with E-state index in [1.54, 1.807) is 24.3 Å². The van der Waals surface area contributed by atoms with Crippen LogP contribution in [0.1, 0.15) is 6.42 Å². The van der Waals surface area contributed by atoms with Gasteiger partial charge in [0, 0.05) is 17.8 Å². The monoisotopic (exact) mass is 292 g/mol. The van der Waals surface area contributed by atoms with Crippen molar-refractivity contribution >= 4 is 29.0 Å². The fourth-order valence-corrected chi connectivity index (χ4v) is 1.62. The van der Waals surface area contributed by atoms with Gasteiger partial charge >= 0.3 is 0 Å². The van der Waals surface area contributed by atoms with Gasteiger partial charge in [-0.05, 0) is 12.1 Å². The summed E-state index contributed by atoms with van der Waals surface area (Å²) in [5.41, 5.74) is 6.23. The Kier molecular flexibility index (Phi) is 4.73. The number of rotatable bonds is 5. The molecule has 0 bridgehead atoms. The molecule has 1 aromatic carbocycles. The molecule has 0 aliphatic rings. The van der Waals surface area contributed by atoms with Gasteiger partial charge in [-0.1, -0.05) is 17.7 Å². The molecule has 0 saturated heterocycles. The van der Waals surface area contributed by atoms with E-state index in [4.69, 9.17) is 22.1 Å². The van der Waals surface area contributed by atoms with Crippen LogP contribution in [0.25, 0.3) is 0 Å². The molecule has 1 aromatic heterocycles. The zero-order valence-corrected chi connectivity index (χ0v) is 11.3. The second kappa shape index (κ2) is 6.72. The van der Waals surface area contributed by atoms with Gasteiger partial charge in [0.25, 0.3) is 0 Å². The third kappa shape index (κ3) is 4.40. The van der Waals surface area contributed by atoms with Gasteiger partial charge in [-0.2, -0.15) is 0 Å². The van der Waals surface area contributed by atoms with Crippen LogP contribution in [0, 0.1) is 0 Å². The van der Waals surface area contributed by atoms with Crippen LogP contribution in [0.2, 0.25) is 5.15 Å². The van der Waals surface area contributed by atoms with Crippen molar-refractivity contribution in [3.8, 4) is 5.75 Å². The number of hydrogen-bond donors (Lipinski definition) is 2. The molecule has 0 unspecified atom stereocenters. The maximum Gasteiger partial charge on any atom is 0.228 e. The first-order chi connectivity index (χ1) is 9.63. The quantitative estimate of drug-likeness (QED) is 0.651. The zero-order valence-electron chi connectivity index (χ0n) is 10.5. The second-order valence-corrected chi connectivity index (χ2v) is 4.33. The molecule has 2 aromatic rings.